The van der Waals surface area contributed by atoms with E-state index in [0.29, 0.717) is 0 Å². The second-order valence-corrected chi connectivity index (χ2v) is 6.84. The third-order valence-electron chi connectivity index (χ3n) is 2.91. The van der Waals surface area contributed by atoms with Crippen molar-refractivity contribution in [3.63, 3.8) is 0 Å². The third kappa shape index (κ3) is 5.09. The van der Waals surface area contributed by atoms with Crippen molar-refractivity contribution in [2.24, 2.45) is 0 Å². The van der Waals surface area contributed by atoms with Gasteiger partial charge in [0.05, 0.1) is 12.3 Å². The molecular weight excluding hydrogens is 277 g/mol. The lowest BCUT2D eigenvalue weighted by Gasteiger charge is -2.41. The van der Waals surface area contributed by atoms with Gasteiger partial charge in [0, 0.05) is 6.04 Å². The maximum absolute atomic E-state index is 10.8. The van der Waals surface area contributed by atoms with E-state index in [9.17, 15) is 19.9 Å². The topological polar surface area (TPSA) is 139 Å². The van der Waals surface area contributed by atoms with Crippen molar-refractivity contribution in [1.82, 2.24) is 5.32 Å². The first-order chi connectivity index (χ1) is 8.61. The Morgan fingerprint density at radius 3 is 2.21 bits per heavy atom. The Bertz CT molecular complexity index is 334. The summed E-state index contributed by atoms with van der Waals surface area (Å²) < 4.78 is 16.2. The van der Waals surface area contributed by atoms with Crippen molar-refractivity contribution in [2.75, 3.05) is 6.16 Å². The summed E-state index contributed by atoms with van der Waals surface area (Å²) >= 11 is 0. The highest BCUT2D eigenvalue weighted by Crippen LogP contribution is 2.37. The van der Waals surface area contributed by atoms with Gasteiger partial charge in [-0.1, -0.05) is 0 Å². The first-order valence-electron chi connectivity index (χ1n) is 6.12. The summed E-state index contributed by atoms with van der Waals surface area (Å²) in [6.07, 6.45) is -6.50. The van der Waals surface area contributed by atoms with Gasteiger partial charge < -0.3 is 29.8 Å². The van der Waals surface area contributed by atoms with Crippen LogP contribution in [0, 0.1) is 0 Å². The van der Waals surface area contributed by atoms with Crippen molar-refractivity contribution < 1.29 is 34.4 Å². The highest BCUT2D eigenvalue weighted by atomic mass is 31.2. The maximum Gasteiger partial charge on any atom is 0.325 e. The zero-order chi connectivity index (χ0) is 14.8. The molecule has 0 saturated carbocycles. The average Bonchev–Trinajstić information content (AvgIpc) is 2.26. The van der Waals surface area contributed by atoms with Crippen LogP contribution in [0.5, 0.6) is 0 Å². The van der Waals surface area contributed by atoms with Crippen LogP contribution in [0.15, 0.2) is 0 Å². The van der Waals surface area contributed by atoms with Gasteiger partial charge in [-0.2, -0.15) is 0 Å². The van der Waals surface area contributed by atoms with Crippen LogP contribution >= 0.6 is 7.60 Å². The summed E-state index contributed by atoms with van der Waals surface area (Å²) in [6.45, 7) is 3.64. The van der Waals surface area contributed by atoms with Crippen LogP contribution in [0.25, 0.3) is 0 Å². The second-order valence-electron chi connectivity index (χ2n) is 5.07. The van der Waals surface area contributed by atoms with Crippen LogP contribution in [0.1, 0.15) is 20.3 Å². The Morgan fingerprint density at radius 1 is 1.16 bits per heavy atom. The lowest BCUT2D eigenvalue weighted by Crippen LogP contribution is -2.62. The van der Waals surface area contributed by atoms with Gasteiger partial charge in [0.15, 0.2) is 0 Å². The van der Waals surface area contributed by atoms with Gasteiger partial charge in [0.1, 0.15) is 24.5 Å². The van der Waals surface area contributed by atoms with Crippen molar-refractivity contribution in [3.8, 4) is 0 Å². The zero-order valence-electron chi connectivity index (χ0n) is 10.9. The molecule has 0 bridgehead atoms. The highest BCUT2D eigenvalue weighted by Gasteiger charge is 2.43. The Morgan fingerprint density at radius 2 is 1.74 bits per heavy atom. The Hall–Kier alpha value is -0.0500. The van der Waals surface area contributed by atoms with E-state index in [1.807, 2.05) is 13.8 Å². The molecule has 19 heavy (non-hydrogen) atoms. The minimum atomic E-state index is -4.20. The van der Waals surface area contributed by atoms with Crippen LogP contribution in [0.2, 0.25) is 0 Å². The Labute approximate surface area is 111 Å². The van der Waals surface area contributed by atoms with E-state index in [0.717, 1.165) is 0 Å². The molecule has 0 aromatic carbocycles. The molecule has 0 spiro atoms. The van der Waals surface area contributed by atoms with E-state index < -0.39 is 44.4 Å². The van der Waals surface area contributed by atoms with Gasteiger partial charge in [0.25, 0.3) is 0 Å². The van der Waals surface area contributed by atoms with Crippen LogP contribution in [-0.4, -0.2) is 68.0 Å². The first kappa shape index (κ1) is 17.0. The van der Waals surface area contributed by atoms with Gasteiger partial charge in [-0.3, -0.25) is 9.88 Å². The monoisotopic (exact) mass is 299 g/mol. The van der Waals surface area contributed by atoms with Gasteiger partial charge in [-0.15, -0.1) is 0 Å². The SMILES string of the molecule is CC(C)NC1O[C@H](CCP(=O)(O)O)[C@@H](O)[C@H](O)[C@@H]1O. The molecule has 0 aromatic rings. The van der Waals surface area contributed by atoms with E-state index >= 15 is 0 Å². The zero-order valence-corrected chi connectivity index (χ0v) is 11.8. The van der Waals surface area contributed by atoms with Crippen LogP contribution in [0.3, 0.4) is 0 Å². The molecule has 1 aliphatic heterocycles. The maximum atomic E-state index is 10.8. The lowest BCUT2D eigenvalue weighted by molar-refractivity contribution is -0.231. The van der Waals surface area contributed by atoms with Crippen LogP contribution < -0.4 is 5.32 Å². The number of aliphatic hydroxyl groups is 3. The minimum Gasteiger partial charge on any atom is -0.388 e. The molecule has 6 N–H and O–H groups in total. The van der Waals surface area contributed by atoms with Gasteiger partial charge in [0.2, 0.25) is 0 Å². The van der Waals surface area contributed by atoms with E-state index in [1.165, 1.54) is 0 Å². The summed E-state index contributed by atoms with van der Waals surface area (Å²) in [5, 5.41) is 32.1. The predicted molar refractivity (Wildman–Crippen MR) is 66.5 cm³/mol. The number of rotatable bonds is 5. The summed E-state index contributed by atoms with van der Waals surface area (Å²) in [4.78, 5) is 17.6. The largest absolute Gasteiger partial charge is 0.388 e. The smallest absolute Gasteiger partial charge is 0.325 e. The van der Waals surface area contributed by atoms with Gasteiger partial charge in [-0.05, 0) is 20.3 Å². The molecular formula is C10H22NO7P. The fourth-order valence-electron chi connectivity index (χ4n) is 1.95. The molecule has 9 heteroatoms. The van der Waals surface area contributed by atoms with Crippen molar-refractivity contribution in [2.45, 2.75) is 57.0 Å². The quantitative estimate of drug-likeness (QED) is 0.332. The molecule has 1 rings (SSSR count). The van der Waals surface area contributed by atoms with Gasteiger partial charge in [-0.25, -0.2) is 0 Å². The number of aliphatic hydroxyl groups excluding tert-OH is 3. The molecule has 1 fully saturated rings. The molecule has 1 heterocycles. The lowest BCUT2D eigenvalue weighted by atomic mass is 9.96. The van der Waals surface area contributed by atoms with Crippen molar-refractivity contribution in [3.05, 3.63) is 0 Å². The van der Waals surface area contributed by atoms with Crippen LogP contribution in [0.4, 0.5) is 0 Å². The van der Waals surface area contributed by atoms with E-state index in [-0.39, 0.29) is 12.5 Å². The molecule has 114 valence electrons. The molecule has 0 aromatic heterocycles. The summed E-state index contributed by atoms with van der Waals surface area (Å²) in [7, 11) is -4.20. The summed E-state index contributed by atoms with van der Waals surface area (Å²) in [5.74, 6) is 0. The number of nitrogens with one attached hydrogen (secondary N) is 1. The highest BCUT2D eigenvalue weighted by molar-refractivity contribution is 7.51. The molecule has 1 unspecified atom stereocenters. The van der Waals surface area contributed by atoms with E-state index in [4.69, 9.17) is 14.5 Å². The summed E-state index contributed by atoms with van der Waals surface area (Å²) in [6, 6.07) is -0.0236. The predicted octanol–water partition coefficient (Wildman–Crippen LogP) is -1.64. The van der Waals surface area contributed by atoms with Crippen molar-refractivity contribution in [1.29, 1.82) is 0 Å². The molecule has 0 amide bonds. The first-order valence-corrected chi connectivity index (χ1v) is 7.92. The van der Waals surface area contributed by atoms with E-state index in [2.05, 4.69) is 5.32 Å². The Balaban J connectivity index is 2.67. The minimum absolute atomic E-state index is 0.0236. The molecule has 0 radical (unpaired) electrons. The third-order valence-corrected chi connectivity index (χ3v) is 3.76. The standard InChI is InChI=1S/C10H22NO7P/c1-5(2)11-10-9(14)8(13)7(12)6(18-10)3-4-19(15,16)17/h5-14H,3-4H2,1-2H3,(H2,15,16,17)/t6-,7-,8+,9+,10?/m1/s1. The average molecular weight is 299 g/mol. The molecule has 1 aliphatic rings. The van der Waals surface area contributed by atoms with Crippen molar-refractivity contribution >= 4 is 7.60 Å². The van der Waals surface area contributed by atoms with Gasteiger partial charge >= 0.3 is 7.60 Å². The second kappa shape index (κ2) is 6.60. The molecule has 8 nitrogen and oxygen atoms in total. The molecule has 0 aliphatic carbocycles. The Kier molecular flexibility index (Phi) is 5.91. The van der Waals surface area contributed by atoms with Crippen LogP contribution in [-0.2, 0) is 9.30 Å². The molecule has 1 saturated heterocycles. The summed E-state index contributed by atoms with van der Waals surface area (Å²) in [5.41, 5.74) is 0. The fraction of sp³-hybridized carbons (Fsp3) is 1.00. The number of hydrogen-bond donors (Lipinski definition) is 6. The van der Waals surface area contributed by atoms with E-state index in [1.54, 1.807) is 0 Å². The normalized spacial score (nSPS) is 36.7. The number of ether oxygens (including phenoxy) is 1. The number of hydrogen-bond acceptors (Lipinski definition) is 6. The fourth-order valence-corrected chi connectivity index (χ4v) is 2.54. The molecule has 5 atom stereocenters.